The van der Waals surface area contributed by atoms with E-state index < -0.39 is 0 Å². The highest BCUT2D eigenvalue weighted by Gasteiger charge is 2.28. The number of aromatic nitrogens is 6. The van der Waals surface area contributed by atoms with Crippen molar-refractivity contribution in [1.82, 2.24) is 29.5 Å². The molecule has 0 spiro atoms. The van der Waals surface area contributed by atoms with Crippen molar-refractivity contribution in [1.29, 1.82) is 0 Å². The fourth-order valence-electron chi connectivity index (χ4n) is 4.34. The van der Waals surface area contributed by atoms with Crippen LogP contribution in [-0.4, -0.2) is 35.3 Å². The smallest absolute Gasteiger partial charge is 0.181 e. The van der Waals surface area contributed by atoms with E-state index >= 15 is 0 Å². The van der Waals surface area contributed by atoms with E-state index in [4.69, 9.17) is 0 Å². The Bertz CT molecular complexity index is 1300. The molecule has 0 aliphatic carbocycles. The van der Waals surface area contributed by atoms with Crippen LogP contribution in [0.3, 0.4) is 0 Å². The fraction of sp³-hybridized carbons (Fsp3) is 0.348. The number of ketones is 1. The SMILES string of the molecule is Cc1nc(-c2cnn(C)c2C(=O)CC2CCn3nc(-c4ccc(F)cc4)nc3C2)c(C)s1. The van der Waals surface area contributed by atoms with E-state index in [9.17, 15) is 9.18 Å². The molecule has 3 aromatic heterocycles. The molecule has 0 saturated carbocycles. The topological polar surface area (TPSA) is 78.5 Å². The van der Waals surface area contributed by atoms with E-state index in [0.29, 0.717) is 30.9 Å². The van der Waals surface area contributed by atoms with Gasteiger partial charge in [0.1, 0.15) is 17.3 Å². The van der Waals surface area contributed by atoms with Gasteiger partial charge in [0, 0.05) is 36.9 Å². The summed E-state index contributed by atoms with van der Waals surface area (Å²) in [5.74, 6) is 1.43. The monoisotopic (exact) mass is 450 g/mol. The van der Waals surface area contributed by atoms with Crippen LogP contribution in [0.4, 0.5) is 4.39 Å². The average molecular weight is 451 g/mol. The minimum absolute atomic E-state index is 0.0711. The van der Waals surface area contributed by atoms with Gasteiger partial charge in [-0.25, -0.2) is 19.0 Å². The molecule has 0 N–H and O–H groups in total. The van der Waals surface area contributed by atoms with Gasteiger partial charge in [0.05, 0.1) is 22.5 Å². The van der Waals surface area contributed by atoms with Gasteiger partial charge in [-0.3, -0.25) is 9.48 Å². The molecule has 1 aliphatic rings. The maximum Gasteiger partial charge on any atom is 0.181 e. The zero-order valence-corrected chi connectivity index (χ0v) is 19.0. The summed E-state index contributed by atoms with van der Waals surface area (Å²) in [7, 11) is 1.80. The van der Waals surface area contributed by atoms with Crippen molar-refractivity contribution in [3.63, 3.8) is 0 Å². The summed E-state index contributed by atoms with van der Waals surface area (Å²) < 4.78 is 16.8. The number of fused-ring (bicyclic) bond motifs is 1. The summed E-state index contributed by atoms with van der Waals surface area (Å²) in [5, 5.41) is 9.89. The van der Waals surface area contributed by atoms with Gasteiger partial charge >= 0.3 is 0 Å². The number of Topliss-reactive ketones (excluding diaryl/α,β-unsaturated/α-hetero) is 1. The molecule has 0 bridgehead atoms. The summed E-state index contributed by atoms with van der Waals surface area (Å²) >= 11 is 1.62. The molecule has 1 atom stereocenters. The van der Waals surface area contributed by atoms with E-state index in [2.05, 4.69) is 20.2 Å². The minimum atomic E-state index is -0.283. The van der Waals surface area contributed by atoms with E-state index in [-0.39, 0.29) is 17.5 Å². The molecule has 0 saturated heterocycles. The van der Waals surface area contributed by atoms with Gasteiger partial charge in [0.2, 0.25) is 0 Å². The lowest BCUT2D eigenvalue weighted by Crippen LogP contribution is -2.23. The highest BCUT2D eigenvalue weighted by molar-refractivity contribution is 7.11. The molecule has 4 heterocycles. The molecule has 0 amide bonds. The number of thiazole rings is 1. The minimum Gasteiger partial charge on any atom is -0.292 e. The number of halogens is 1. The van der Waals surface area contributed by atoms with Crippen LogP contribution < -0.4 is 0 Å². The van der Waals surface area contributed by atoms with Crippen LogP contribution in [0.25, 0.3) is 22.6 Å². The number of benzene rings is 1. The third-order valence-electron chi connectivity index (χ3n) is 5.91. The van der Waals surface area contributed by atoms with Gasteiger partial charge in [-0.05, 0) is 50.5 Å². The molecule has 32 heavy (non-hydrogen) atoms. The molecule has 9 heteroatoms. The second-order valence-electron chi connectivity index (χ2n) is 8.24. The molecule has 4 aromatic rings. The molecule has 5 rings (SSSR count). The Labute approximate surface area is 189 Å². The molecule has 1 aliphatic heterocycles. The lowest BCUT2D eigenvalue weighted by atomic mass is 9.91. The first kappa shape index (κ1) is 20.7. The maximum absolute atomic E-state index is 13.3. The molecule has 0 radical (unpaired) electrons. The first-order chi connectivity index (χ1) is 15.4. The van der Waals surface area contributed by atoms with Crippen molar-refractivity contribution >= 4 is 17.1 Å². The van der Waals surface area contributed by atoms with E-state index in [1.807, 2.05) is 18.5 Å². The second kappa shape index (κ2) is 8.05. The average Bonchev–Trinajstić information content (AvgIpc) is 3.44. The van der Waals surface area contributed by atoms with Crippen molar-refractivity contribution in [3.8, 4) is 22.6 Å². The van der Waals surface area contributed by atoms with Crippen LogP contribution in [0, 0.1) is 25.6 Å². The van der Waals surface area contributed by atoms with Crippen molar-refractivity contribution in [2.45, 2.75) is 39.7 Å². The van der Waals surface area contributed by atoms with Crippen LogP contribution >= 0.6 is 11.3 Å². The highest BCUT2D eigenvalue weighted by atomic mass is 32.1. The summed E-state index contributed by atoms with van der Waals surface area (Å²) in [6.45, 7) is 4.70. The van der Waals surface area contributed by atoms with Gasteiger partial charge < -0.3 is 0 Å². The van der Waals surface area contributed by atoms with Crippen LogP contribution in [0.5, 0.6) is 0 Å². The predicted octanol–water partition coefficient (Wildman–Crippen LogP) is 4.39. The third kappa shape index (κ3) is 3.77. The third-order valence-corrected chi connectivity index (χ3v) is 6.79. The lowest BCUT2D eigenvalue weighted by molar-refractivity contribution is 0.0944. The maximum atomic E-state index is 13.3. The number of carbonyl (C=O) groups excluding carboxylic acids is 1. The fourth-order valence-corrected chi connectivity index (χ4v) is 5.18. The Balaban J connectivity index is 1.35. The van der Waals surface area contributed by atoms with Crippen molar-refractivity contribution in [3.05, 3.63) is 57.7 Å². The summed E-state index contributed by atoms with van der Waals surface area (Å²) in [5.41, 5.74) is 3.04. The van der Waals surface area contributed by atoms with Gasteiger partial charge in [-0.15, -0.1) is 11.3 Å². The number of hydrogen-bond acceptors (Lipinski definition) is 6. The Morgan fingerprint density at radius 2 is 2.00 bits per heavy atom. The zero-order chi connectivity index (χ0) is 22.4. The van der Waals surface area contributed by atoms with Crippen LogP contribution in [-0.2, 0) is 20.0 Å². The summed E-state index contributed by atoms with van der Waals surface area (Å²) in [6, 6.07) is 6.19. The van der Waals surface area contributed by atoms with Crippen LogP contribution in [0.2, 0.25) is 0 Å². The van der Waals surface area contributed by atoms with E-state index in [1.54, 1.807) is 41.4 Å². The Kier molecular flexibility index (Phi) is 5.21. The van der Waals surface area contributed by atoms with Gasteiger partial charge in [0.15, 0.2) is 11.6 Å². The van der Waals surface area contributed by atoms with Crippen LogP contribution in [0.1, 0.15) is 39.0 Å². The zero-order valence-electron chi connectivity index (χ0n) is 18.2. The van der Waals surface area contributed by atoms with Crippen molar-refractivity contribution in [2.75, 3.05) is 0 Å². The molecule has 0 fully saturated rings. The normalized spacial score (nSPS) is 15.7. The largest absolute Gasteiger partial charge is 0.292 e. The standard InChI is InChI=1S/C23H23FN6OS/c1-13-21(26-14(2)32-13)18-12-25-29(3)22(18)19(31)10-15-8-9-30-20(11-15)27-23(28-30)16-4-6-17(24)7-5-16/h4-7,12,15H,8-11H2,1-3H3. The van der Waals surface area contributed by atoms with Gasteiger partial charge in [0.25, 0.3) is 0 Å². The first-order valence-corrected chi connectivity index (χ1v) is 11.4. The highest BCUT2D eigenvalue weighted by Crippen LogP contribution is 2.32. The number of nitrogens with zero attached hydrogens (tertiary/aromatic N) is 6. The quantitative estimate of drug-likeness (QED) is 0.421. The van der Waals surface area contributed by atoms with Crippen molar-refractivity contribution < 1.29 is 9.18 Å². The van der Waals surface area contributed by atoms with E-state index in [0.717, 1.165) is 39.0 Å². The molecular formula is C23H23FN6OS. The van der Waals surface area contributed by atoms with Crippen LogP contribution in [0.15, 0.2) is 30.5 Å². The number of carbonyl (C=O) groups is 1. The predicted molar refractivity (Wildman–Crippen MR) is 120 cm³/mol. The Morgan fingerprint density at radius 1 is 1.22 bits per heavy atom. The lowest BCUT2D eigenvalue weighted by Gasteiger charge is -2.21. The number of hydrogen-bond donors (Lipinski definition) is 0. The number of aryl methyl sites for hydroxylation is 4. The molecule has 7 nitrogen and oxygen atoms in total. The first-order valence-electron chi connectivity index (χ1n) is 10.6. The Hall–Kier alpha value is -3.20. The van der Waals surface area contributed by atoms with Gasteiger partial charge in [-0.1, -0.05) is 0 Å². The van der Waals surface area contributed by atoms with Crippen molar-refractivity contribution in [2.24, 2.45) is 13.0 Å². The molecule has 1 unspecified atom stereocenters. The summed E-state index contributed by atoms with van der Waals surface area (Å²) in [4.78, 5) is 23.7. The molecular weight excluding hydrogens is 427 g/mol. The summed E-state index contributed by atoms with van der Waals surface area (Å²) in [6.07, 6.45) is 3.70. The number of rotatable bonds is 5. The van der Waals surface area contributed by atoms with E-state index in [1.165, 1.54) is 12.1 Å². The van der Waals surface area contributed by atoms with Gasteiger partial charge in [-0.2, -0.15) is 10.2 Å². The molecule has 164 valence electrons. The Morgan fingerprint density at radius 3 is 2.72 bits per heavy atom. The second-order valence-corrected chi connectivity index (χ2v) is 9.64. The molecule has 1 aromatic carbocycles.